The van der Waals surface area contributed by atoms with Crippen LogP contribution in [0.15, 0.2) is 0 Å². The number of phosphoric acid groups is 2. The van der Waals surface area contributed by atoms with E-state index in [2.05, 4.69) is 34.6 Å². The van der Waals surface area contributed by atoms with Crippen molar-refractivity contribution in [3.05, 3.63) is 0 Å². The Bertz CT molecular complexity index is 1940. The third-order valence-corrected chi connectivity index (χ3v) is 21.4. The molecule has 0 radical (unpaired) electrons. The molecule has 0 fully saturated rings. The van der Waals surface area contributed by atoms with Crippen LogP contribution in [0.25, 0.3) is 0 Å². The first-order chi connectivity index (χ1) is 49.5. The lowest BCUT2D eigenvalue weighted by Crippen LogP contribution is -2.30. The molecule has 0 aliphatic heterocycles. The number of ether oxygens (including phenoxy) is 4. The van der Waals surface area contributed by atoms with Crippen molar-refractivity contribution in [3.63, 3.8) is 0 Å². The van der Waals surface area contributed by atoms with E-state index in [1.54, 1.807) is 0 Å². The van der Waals surface area contributed by atoms with E-state index in [4.69, 9.17) is 37.0 Å². The Labute approximate surface area is 626 Å². The smallest absolute Gasteiger partial charge is 0.462 e. The summed E-state index contributed by atoms with van der Waals surface area (Å²) in [6.07, 6.45) is 68.2. The minimum Gasteiger partial charge on any atom is -0.462 e. The minimum absolute atomic E-state index is 0.108. The molecule has 0 aromatic carbocycles. The molecule has 0 aliphatic rings. The number of hydrogen-bond acceptors (Lipinski definition) is 15. The molecule has 0 rings (SSSR count). The van der Waals surface area contributed by atoms with Crippen LogP contribution < -0.4 is 0 Å². The van der Waals surface area contributed by atoms with Crippen LogP contribution in [0.3, 0.4) is 0 Å². The van der Waals surface area contributed by atoms with E-state index in [9.17, 15) is 43.2 Å². The third kappa shape index (κ3) is 76.3. The molecule has 0 aromatic heterocycles. The van der Waals surface area contributed by atoms with Gasteiger partial charge in [0.1, 0.15) is 19.3 Å². The first-order valence-corrected chi connectivity index (χ1v) is 46.1. The van der Waals surface area contributed by atoms with E-state index in [1.165, 1.54) is 257 Å². The summed E-state index contributed by atoms with van der Waals surface area (Å²) >= 11 is 0. The molecule has 102 heavy (non-hydrogen) atoms. The summed E-state index contributed by atoms with van der Waals surface area (Å²) in [7, 11) is -9.92. The first kappa shape index (κ1) is 100. The summed E-state index contributed by atoms with van der Waals surface area (Å²) in [4.78, 5) is 73.0. The van der Waals surface area contributed by atoms with Gasteiger partial charge in [-0.3, -0.25) is 37.3 Å². The summed E-state index contributed by atoms with van der Waals surface area (Å²) in [6.45, 7) is 7.32. The van der Waals surface area contributed by atoms with Gasteiger partial charge in [-0.25, -0.2) is 9.13 Å². The highest BCUT2D eigenvalue weighted by atomic mass is 31.2. The van der Waals surface area contributed by atoms with Gasteiger partial charge in [0, 0.05) is 25.7 Å². The van der Waals surface area contributed by atoms with Crippen molar-refractivity contribution >= 4 is 39.5 Å². The average molecular weight is 1490 g/mol. The Kier molecular flexibility index (Phi) is 74.4. The molecule has 2 unspecified atom stereocenters. The van der Waals surface area contributed by atoms with Gasteiger partial charge in [0.15, 0.2) is 12.2 Å². The van der Waals surface area contributed by atoms with Crippen LogP contribution >= 0.6 is 15.6 Å². The Hall–Kier alpha value is -1.94. The lowest BCUT2D eigenvalue weighted by atomic mass is 10.0. The second kappa shape index (κ2) is 75.9. The zero-order chi connectivity index (χ0) is 74.8. The second-order valence-electron chi connectivity index (χ2n) is 30.3. The molecular formula is C83H162O17P2. The van der Waals surface area contributed by atoms with Crippen molar-refractivity contribution in [1.29, 1.82) is 0 Å². The van der Waals surface area contributed by atoms with Crippen molar-refractivity contribution in [3.8, 4) is 0 Å². The standard InChI is InChI=1S/C83H162O17P2/c1-6-9-12-15-18-20-22-24-26-28-30-32-34-39-43-47-52-57-62-67-81(86)94-73-79(100-83(88)69-63-58-53-48-44-40-35-33-31-29-27-25-23-21-19-16-13-10-7-2)75-98-102(91,92)96-71-77(84)70-95-101(89,90)97-74-78(72-93-80(85)66-61-56-50-17-14-11-8-3)99-82(87)68-64-59-54-49-45-41-37-36-38-42-46-51-55-60-65-76(4)5/h76-79,84H,6-75H2,1-5H3,(H,89,90)(H,91,92)/t77-,78+,79+/m0/s1. The number of hydrogen-bond donors (Lipinski definition) is 3. The van der Waals surface area contributed by atoms with Crippen molar-refractivity contribution in [2.45, 2.75) is 464 Å². The lowest BCUT2D eigenvalue weighted by molar-refractivity contribution is -0.161. The molecule has 0 bridgehead atoms. The first-order valence-electron chi connectivity index (χ1n) is 43.1. The summed E-state index contributed by atoms with van der Waals surface area (Å²) in [5, 5.41) is 10.6. The van der Waals surface area contributed by atoms with Gasteiger partial charge in [0.05, 0.1) is 26.4 Å². The van der Waals surface area contributed by atoms with Crippen molar-refractivity contribution < 1.29 is 80.2 Å². The molecule has 0 saturated heterocycles. The van der Waals surface area contributed by atoms with Gasteiger partial charge in [0.2, 0.25) is 0 Å². The highest BCUT2D eigenvalue weighted by Gasteiger charge is 2.30. The predicted molar refractivity (Wildman–Crippen MR) is 418 cm³/mol. The predicted octanol–water partition coefficient (Wildman–Crippen LogP) is 25.2. The van der Waals surface area contributed by atoms with Gasteiger partial charge in [-0.15, -0.1) is 0 Å². The van der Waals surface area contributed by atoms with E-state index in [-0.39, 0.29) is 25.7 Å². The molecule has 19 heteroatoms. The Morgan fingerprint density at radius 2 is 0.451 bits per heavy atom. The molecule has 0 saturated carbocycles. The number of carbonyl (C=O) groups excluding carboxylic acids is 4. The molecule has 17 nitrogen and oxygen atoms in total. The Balaban J connectivity index is 5.17. The van der Waals surface area contributed by atoms with Gasteiger partial charge in [-0.05, 0) is 31.6 Å². The number of aliphatic hydroxyl groups is 1. The average Bonchev–Trinajstić information content (AvgIpc) is 0.938. The fourth-order valence-corrected chi connectivity index (χ4v) is 14.5. The molecule has 3 N–H and O–H groups in total. The molecule has 0 heterocycles. The van der Waals surface area contributed by atoms with Crippen molar-refractivity contribution in [2.75, 3.05) is 39.6 Å². The van der Waals surface area contributed by atoms with Crippen LogP contribution in [0.5, 0.6) is 0 Å². The number of aliphatic hydroxyl groups excluding tert-OH is 1. The number of unbranched alkanes of at least 4 members (excludes halogenated alkanes) is 55. The fraction of sp³-hybridized carbons (Fsp3) is 0.952. The van der Waals surface area contributed by atoms with Crippen LogP contribution in [0.1, 0.15) is 446 Å². The summed E-state index contributed by atoms with van der Waals surface area (Å²) in [5.74, 6) is -1.31. The van der Waals surface area contributed by atoms with Crippen LogP contribution in [0, 0.1) is 5.92 Å². The van der Waals surface area contributed by atoms with Crippen LogP contribution in [-0.4, -0.2) is 96.7 Å². The molecule has 606 valence electrons. The summed E-state index contributed by atoms with van der Waals surface area (Å²) < 4.78 is 68.7. The Morgan fingerprint density at radius 3 is 0.667 bits per heavy atom. The van der Waals surface area contributed by atoms with E-state index >= 15 is 0 Å². The molecule has 0 aliphatic carbocycles. The monoisotopic (exact) mass is 1490 g/mol. The van der Waals surface area contributed by atoms with Crippen LogP contribution in [0.4, 0.5) is 0 Å². The molecule has 0 spiro atoms. The highest BCUT2D eigenvalue weighted by molar-refractivity contribution is 7.47. The van der Waals surface area contributed by atoms with Gasteiger partial charge in [0.25, 0.3) is 0 Å². The quantitative estimate of drug-likeness (QED) is 0.0222. The molecule has 0 aromatic rings. The number of rotatable bonds is 83. The van der Waals surface area contributed by atoms with E-state index in [0.717, 1.165) is 109 Å². The SMILES string of the molecule is CCCCCCCCCCCCCCCCCCCCCC(=O)OC[C@H](COP(=O)(O)OC[C@@H](O)COP(=O)(O)OC[C@@H](COC(=O)CCCCCCCCC)OC(=O)CCCCCCCCCCCCCCCCC(C)C)OC(=O)CCCCCCCCCCCCCCCCCCCCC. The van der Waals surface area contributed by atoms with Crippen LogP contribution in [-0.2, 0) is 65.4 Å². The summed E-state index contributed by atoms with van der Waals surface area (Å²) in [6, 6.07) is 0. The van der Waals surface area contributed by atoms with Gasteiger partial charge >= 0.3 is 39.5 Å². The maximum Gasteiger partial charge on any atom is 0.472 e. The molecule has 5 atom stereocenters. The largest absolute Gasteiger partial charge is 0.472 e. The Morgan fingerprint density at radius 1 is 0.265 bits per heavy atom. The second-order valence-corrected chi connectivity index (χ2v) is 33.3. The topological polar surface area (TPSA) is 237 Å². The van der Waals surface area contributed by atoms with Gasteiger partial charge < -0.3 is 33.8 Å². The number of phosphoric ester groups is 2. The van der Waals surface area contributed by atoms with E-state index in [1.807, 2.05) is 0 Å². The van der Waals surface area contributed by atoms with Gasteiger partial charge in [-0.2, -0.15) is 0 Å². The van der Waals surface area contributed by atoms with E-state index < -0.39 is 97.5 Å². The minimum atomic E-state index is -4.96. The molecular weight excluding hydrogens is 1330 g/mol. The maximum atomic E-state index is 13.1. The highest BCUT2D eigenvalue weighted by Crippen LogP contribution is 2.45. The van der Waals surface area contributed by atoms with Gasteiger partial charge in [-0.1, -0.05) is 394 Å². The molecule has 0 amide bonds. The lowest BCUT2D eigenvalue weighted by Gasteiger charge is -2.21. The van der Waals surface area contributed by atoms with E-state index in [0.29, 0.717) is 25.7 Å². The fourth-order valence-electron chi connectivity index (χ4n) is 12.9. The number of carbonyl (C=O) groups is 4. The summed E-state index contributed by atoms with van der Waals surface area (Å²) in [5.41, 5.74) is 0. The zero-order valence-electron chi connectivity index (χ0n) is 66.8. The maximum absolute atomic E-state index is 13.1. The third-order valence-electron chi connectivity index (χ3n) is 19.5. The van der Waals surface area contributed by atoms with Crippen LogP contribution in [0.2, 0.25) is 0 Å². The normalized spacial score (nSPS) is 13.8. The van der Waals surface area contributed by atoms with Crippen molar-refractivity contribution in [2.24, 2.45) is 5.92 Å². The zero-order valence-corrected chi connectivity index (χ0v) is 68.5. The van der Waals surface area contributed by atoms with Crippen molar-refractivity contribution in [1.82, 2.24) is 0 Å². The number of esters is 4.